The molecule has 3 aromatic carbocycles. The smallest absolute Gasteiger partial charge is 0.264 e. The van der Waals surface area contributed by atoms with Crippen LogP contribution in [0, 0.1) is 6.92 Å². The fraction of sp³-hybridized carbons (Fsp3) is 0.296. The molecular weight excluding hydrogens is 480 g/mol. The Balaban J connectivity index is 1.77. The van der Waals surface area contributed by atoms with Crippen LogP contribution in [-0.4, -0.2) is 42.7 Å². The molecule has 0 saturated heterocycles. The highest BCUT2D eigenvalue weighted by Crippen LogP contribution is 2.32. The van der Waals surface area contributed by atoms with Crippen molar-refractivity contribution in [1.82, 2.24) is 5.32 Å². The van der Waals surface area contributed by atoms with E-state index >= 15 is 0 Å². The summed E-state index contributed by atoms with van der Waals surface area (Å²) in [7, 11) is 2.15. The maximum atomic E-state index is 13.2. The Morgan fingerprint density at radius 2 is 1.50 bits per heavy atom. The van der Waals surface area contributed by atoms with Crippen molar-refractivity contribution in [2.24, 2.45) is 0 Å². The van der Waals surface area contributed by atoms with Gasteiger partial charge in [0.2, 0.25) is 0 Å². The van der Waals surface area contributed by atoms with E-state index in [2.05, 4.69) is 5.32 Å². The van der Waals surface area contributed by atoms with Crippen LogP contribution in [0.25, 0.3) is 0 Å². The van der Waals surface area contributed by atoms with Crippen LogP contribution >= 0.6 is 0 Å². The summed E-state index contributed by atoms with van der Waals surface area (Å²) in [6.45, 7) is 3.96. The van der Waals surface area contributed by atoms with E-state index in [1.807, 2.05) is 32.0 Å². The first-order valence-electron chi connectivity index (χ1n) is 11.4. The molecule has 3 aromatic rings. The van der Waals surface area contributed by atoms with E-state index in [0.717, 1.165) is 21.2 Å². The molecule has 0 heterocycles. The average molecular weight is 513 g/mol. The van der Waals surface area contributed by atoms with Gasteiger partial charge in [-0.05, 0) is 66.9 Å². The monoisotopic (exact) mass is 512 g/mol. The third kappa shape index (κ3) is 5.57. The van der Waals surface area contributed by atoms with Crippen LogP contribution in [0.5, 0.6) is 17.2 Å². The van der Waals surface area contributed by atoms with Gasteiger partial charge in [0.25, 0.3) is 15.9 Å². The molecule has 0 fully saturated rings. The third-order valence-corrected chi connectivity index (χ3v) is 7.82. The molecule has 192 valence electrons. The van der Waals surface area contributed by atoms with Gasteiger partial charge in [0.15, 0.2) is 11.5 Å². The number of benzene rings is 3. The minimum atomic E-state index is -3.86. The molecule has 0 aliphatic rings. The van der Waals surface area contributed by atoms with Gasteiger partial charge in [0, 0.05) is 18.7 Å². The number of hydrogen-bond donors (Lipinski definition) is 1. The molecule has 0 aromatic heterocycles. The lowest BCUT2D eigenvalue weighted by Gasteiger charge is -2.21. The Kier molecular flexibility index (Phi) is 8.47. The second-order valence-electron chi connectivity index (χ2n) is 8.20. The van der Waals surface area contributed by atoms with Crippen molar-refractivity contribution in [2.45, 2.75) is 31.2 Å². The molecule has 1 atom stereocenters. The lowest BCUT2D eigenvalue weighted by atomic mass is 10.0. The van der Waals surface area contributed by atoms with Crippen molar-refractivity contribution >= 4 is 21.6 Å². The number of ether oxygens (including phenoxy) is 3. The minimum absolute atomic E-state index is 0.0602. The molecule has 0 aliphatic carbocycles. The maximum absolute atomic E-state index is 13.2. The molecule has 1 amide bonds. The van der Waals surface area contributed by atoms with Gasteiger partial charge in [-0.2, -0.15) is 0 Å². The van der Waals surface area contributed by atoms with E-state index < -0.39 is 10.0 Å². The lowest BCUT2D eigenvalue weighted by molar-refractivity contribution is 0.0935. The van der Waals surface area contributed by atoms with Gasteiger partial charge in [-0.3, -0.25) is 9.10 Å². The molecule has 0 aliphatic heterocycles. The van der Waals surface area contributed by atoms with Gasteiger partial charge < -0.3 is 19.5 Å². The second-order valence-corrected chi connectivity index (χ2v) is 10.2. The zero-order valence-corrected chi connectivity index (χ0v) is 22.2. The summed E-state index contributed by atoms with van der Waals surface area (Å²) in [6, 6.07) is 16.5. The summed E-state index contributed by atoms with van der Waals surface area (Å²) in [5.41, 5.74) is 2.82. The predicted octanol–water partition coefficient (Wildman–Crippen LogP) is 4.73. The Labute approximate surface area is 212 Å². The molecule has 0 spiro atoms. The number of anilines is 1. The highest BCUT2D eigenvalue weighted by atomic mass is 32.2. The first-order valence-corrected chi connectivity index (χ1v) is 12.9. The van der Waals surface area contributed by atoms with E-state index in [4.69, 9.17) is 14.2 Å². The summed E-state index contributed by atoms with van der Waals surface area (Å²) in [4.78, 5) is 13.0. The number of carbonyl (C=O) groups excluding carboxylic acids is 1. The van der Waals surface area contributed by atoms with Crippen molar-refractivity contribution in [3.05, 3.63) is 77.4 Å². The minimum Gasteiger partial charge on any atom is -0.496 e. The largest absolute Gasteiger partial charge is 0.496 e. The quantitative estimate of drug-likeness (QED) is 0.422. The Hall–Kier alpha value is -3.72. The first-order chi connectivity index (χ1) is 17.2. The first kappa shape index (κ1) is 26.9. The lowest BCUT2D eigenvalue weighted by Crippen LogP contribution is -2.29. The Bertz CT molecular complexity index is 1320. The molecule has 0 bridgehead atoms. The number of nitrogens with one attached hydrogen (secondary N) is 1. The summed E-state index contributed by atoms with van der Waals surface area (Å²) in [5, 5.41) is 3.05. The SMILES string of the molecule is CC[C@H](NC(=O)c1ccc(N(C)S(=O)(=O)c2ccc(OC)c(OC)c2)cc1)c1ccc(OC)c(C)c1. The van der Waals surface area contributed by atoms with Crippen LogP contribution in [0.4, 0.5) is 5.69 Å². The van der Waals surface area contributed by atoms with Gasteiger partial charge >= 0.3 is 0 Å². The summed E-state index contributed by atoms with van der Waals surface area (Å²) >= 11 is 0. The van der Waals surface area contributed by atoms with Gasteiger partial charge in [0.05, 0.1) is 38.0 Å². The number of nitrogens with zero attached hydrogens (tertiary/aromatic N) is 1. The molecule has 0 radical (unpaired) electrons. The van der Waals surface area contributed by atoms with Crippen LogP contribution in [0.2, 0.25) is 0 Å². The van der Waals surface area contributed by atoms with E-state index in [-0.39, 0.29) is 16.8 Å². The maximum Gasteiger partial charge on any atom is 0.264 e. The van der Waals surface area contributed by atoms with Crippen molar-refractivity contribution in [3.63, 3.8) is 0 Å². The molecule has 36 heavy (non-hydrogen) atoms. The van der Waals surface area contributed by atoms with Gasteiger partial charge in [-0.25, -0.2) is 8.42 Å². The zero-order valence-electron chi connectivity index (χ0n) is 21.4. The number of aryl methyl sites for hydroxylation is 1. The Morgan fingerprint density at radius 1 is 0.889 bits per heavy atom. The number of hydrogen-bond acceptors (Lipinski definition) is 6. The standard InChI is InChI=1S/C27H32N2O6S/c1-7-23(20-10-14-24(33-4)18(2)16-20)28-27(30)19-8-11-21(12-9-19)29(3)36(31,32)22-13-15-25(34-5)26(17-22)35-6/h8-17,23H,7H2,1-6H3,(H,28,30)/t23-/m0/s1. The Morgan fingerprint density at radius 3 is 2.06 bits per heavy atom. The molecule has 3 rings (SSSR count). The van der Waals surface area contributed by atoms with Gasteiger partial charge in [-0.1, -0.05) is 19.1 Å². The van der Waals surface area contributed by atoms with Crippen LogP contribution in [0.1, 0.15) is 40.9 Å². The number of sulfonamides is 1. The number of carbonyl (C=O) groups is 1. The van der Waals surface area contributed by atoms with Crippen molar-refractivity contribution in [3.8, 4) is 17.2 Å². The van der Waals surface area contributed by atoms with Gasteiger partial charge in [0.1, 0.15) is 5.75 Å². The third-order valence-electron chi connectivity index (χ3n) is 6.04. The summed E-state index contributed by atoms with van der Waals surface area (Å²) < 4.78 is 43.2. The number of methoxy groups -OCH3 is 3. The van der Waals surface area contributed by atoms with E-state index in [0.29, 0.717) is 29.2 Å². The molecular formula is C27H32N2O6S. The predicted molar refractivity (Wildman–Crippen MR) is 140 cm³/mol. The van der Waals surface area contributed by atoms with Crippen LogP contribution in [0.15, 0.2) is 65.6 Å². The molecule has 9 heteroatoms. The van der Waals surface area contributed by atoms with Crippen molar-refractivity contribution in [2.75, 3.05) is 32.7 Å². The fourth-order valence-electron chi connectivity index (χ4n) is 3.88. The van der Waals surface area contributed by atoms with E-state index in [9.17, 15) is 13.2 Å². The van der Waals surface area contributed by atoms with E-state index in [1.165, 1.54) is 33.4 Å². The van der Waals surface area contributed by atoms with Crippen molar-refractivity contribution in [1.29, 1.82) is 0 Å². The average Bonchev–Trinajstić information content (AvgIpc) is 2.90. The molecule has 1 N–H and O–H groups in total. The second kappa shape index (κ2) is 11.3. The highest BCUT2D eigenvalue weighted by molar-refractivity contribution is 7.92. The van der Waals surface area contributed by atoms with Crippen LogP contribution in [-0.2, 0) is 10.0 Å². The molecule has 0 unspecified atom stereocenters. The van der Waals surface area contributed by atoms with Gasteiger partial charge in [-0.15, -0.1) is 0 Å². The number of amides is 1. The normalized spacial score (nSPS) is 11.9. The summed E-state index contributed by atoms with van der Waals surface area (Å²) in [5.74, 6) is 1.30. The molecule has 0 saturated carbocycles. The van der Waals surface area contributed by atoms with Crippen molar-refractivity contribution < 1.29 is 27.4 Å². The van der Waals surface area contributed by atoms with Crippen LogP contribution in [0.3, 0.4) is 0 Å². The molecule has 8 nitrogen and oxygen atoms in total. The zero-order chi connectivity index (χ0) is 26.5. The summed E-state index contributed by atoms with van der Waals surface area (Å²) in [6.07, 6.45) is 0.710. The van der Waals surface area contributed by atoms with E-state index in [1.54, 1.807) is 37.4 Å². The highest BCUT2D eigenvalue weighted by Gasteiger charge is 2.23. The topological polar surface area (TPSA) is 94.2 Å². The van der Waals surface area contributed by atoms with Crippen LogP contribution < -0.4 is 23.8 Å². The number of rotatable bonds is 10. The fourth-order valence-corrected chi connectivity index (χ4v) is 5.09.